The summed E-state index contributed by atoms with van der Waals surface area (Å²) in [6, 6.07) is 2.51. The minimum Gasteiger partial charge on any atom is -0.328 e. The van der Waals surface area contributed by atoms with E-state index in [9.17, 15) is 0 Å². The lowest BCUT2D eigenvalue weighted by molar-refractivity contribution is -0.00933. The molecule has 14 heavy (non-hydrogen) atoms. The predicted octanol–water partition coefficient (Wildman–Crippen LogP) is 0.501. The lowest BCUT2D eigenvalue weighted by Gasteiger charge is -2.51. The zero-order chi connectivity index (χ0) is 10.3. The van der Waals surface area contributed by atoms with Crippen LogP contribution in [-0.2, 0) is 0 Å². The zero-order valence-electron chi connectivity index (χ0n) is 9.61. The van der Waals surface area contributed by atoms with Gasteiger partial charge in [0.2, 0.25) is 0 Å². The van der Waals surface area contributed by atoms with Crippen LogP contribution in [-0.4, -0.2) is 54.1 Å². The first-order valence-electron chi connectivity index (χ1n) is 5.79. The second-order valence-electron chi connectivity index (χ2n) is 5.25. The summed E-state index contributed by atoms with van der Waals surface area (Å²) >= 11 is 0. The predicted molar refractivity (Wildman–Crippen MR) is 59.3 cm³/mol. The fraction of sp³-hybridized carbons (Fsp3) is 1.00. The average Bonchev–Trinajstić information content (AvgIpc) is 2.06. The van der Waals surface area contributed by atoms with E-state index in [1.165, 1.54) is 25.9 Å². The van der Waals surface area contributed by atoms with E-state index in [0.29, 0.717) is 24.2 Å². The van der Waals surface area contributed by atoms with Gasteiger partial charge in [-0.05, 0) is 33.7 Å². The van der Waals surface area contributed by atoms with E-state index in [-0.39, 0.29) is 0 Å². The molecule has 2 fully saturated rings. The second-order valence-corrected chi connectivity index (χ2v) is 5.25. The van der Waals surface area contributed by atoms with Crippen LogP contribution in [0.2, 0.25) is 0 Å². The molecule has 2 aliphatic heterocycles. The molecule has 0 aliphatic carbocycles. The smallest absolute Gasteiger partial charge is 0.0238 e. The fourth-order valence-corrected chi connectivity index (χ4v) is 2.87. The van der Waals surface area contributed by atoms with Crippen molar-refractivity contribution in [1.82, 2.24) is 9.80 Å². The Balaban J connectivity index is 2.05. The van der Waals surface area contributed by atoms with Gasteiger partial charge in [-0.15, -0.1) is 0 Å². The molecule has 3 atom stereocenters. The van der Waals surface area contributed by atoms with Gasteiger partial charge in [-0.25, -0.2) is 0 Å². The maximum atomic E-state index is 6.06. The van der Waals surface area contributed by atoms with Crippen LogP contribution in [0.3, 0.4) is 0 Å². The van der Waals surface area contributed by atoms with Crippen molar-refractivity contribution in [1.29, 1.82) is 0 Å². The number of likely N-dealkylation sites (tertiary alicyclic amines) is 1. The van der Waals surface area contributed by atoms with Gasteiger partial charge in [0.05, 0.1) is 0 Å². The van der Waals surface area contributed by atoms with Gasteiger partial charge in [0.25, 0.3) is 0 Å². The maximum Gasteiger partial charge on any atom is 0.0238 e. The molecule has 0 saturated carbocycles. The molecule has 0 spiro atoms. The number of nitrogens with zero attached hydrogens (tertiary/aromatic N) is 2. The van der Waals surface area contributed by atoms with E-state index >= 15 is 0 Å². The molecule has 0 aromatic carbocycles. The SMILES string of the molecule is CC(C)N1C[C@H]2C[C@@H](N)C[C@@H](C1)N2C. The first-order chi connectivity index (χ1) is 6.58. The molecule has 0 aromatic rings. The molecule has 2 rings (SSSR count). The molecule has 3 nitrogen and oxygen atoms in total. The minimum absolute atomic E-state index is 0.440. The number of piperazine rings is 1. The Hall–Kier alpha value is -0.120. The third-order valence-corrected chi connectivity index (χ3v) is 3.92. The fourth-order valence-electron chi connectivity index (χ4n) is 2.87. The summed E-state index contributed by atoms with van der Waals surface area (Å²) in [7, 11) is 2.26. The Kier molecular flexibility index (Phi) is 2.82. The molecule has 2 N–H and O–H groups in total. The Morgan fingerprint density at radius 3 is 2.07 bits per heavy atom. The van der Waals surface area contributed by atoms with Crippen LogP contribution in [0.25, 0.3) is 0 Å². The summed E-state index contributed by atoms with van der Waals surface area (Å²) in [5, 5.41) is 0. The number of hydrogen-bond donors (Lipinski definition) is 1. The Morgan fingerprint density at radius 2 is 1.64 bits per heavy atom. The summed E-state index contributed by atoms with van der Waals surface area (Å²) in [6.45, 7) is 7.00. The molecule has 82 valence electrons. The largest absolute Gasteiger partial charge is 0.328 e. The highest BCUT2D eigenvalue weighted by molar-refractivity contribution is 4.96. The number of nitrogens with two attached hydrogens (primary N) is 1. The zero-order valence-corrected chi connectivity index (χ0v) is 9.61. The van der Waals surface area contributed by atoms with E-state index in [1.54, 1.807) is 0 Å². The van der Waals surface area contributed by atoms with Gasteiger partial charge in [-0.2, -0.15) is 0 Å². The van der Waals surface area contributed by atoms with E-state index in [0.717, 1.165) is 0 Å². The third kappa shape index (κ3) is 1.81. The van der Waals surface area contributed by atoms with Crippen LogP contribution >= 0.6 is 0 Å². The van der Waals surface area contributed by atoms with Gasteiger partial charge < -0.3 is 5.73 Å². The second kappa shape index (κ2) is 3.80. The van der Waals surface area contributed by atoms with Crippen molar-refractivity contribution in [3.8, 4) is 0 Å². The normalized spacial score (nSPS) is 40.5. The highest BCUT2D eigenvalue weighted by atomic mass is 15.3. The van der Waals surface area contributed by atoms with Crippen molar-refractivity contribution in [3.05, 3.63) is 0 Å². The third-order valence-electron chi connectivity index (χ3n) is 3.92. The first-order valence-corrected chi connectivity index (χ1v) is 5.79. The Bertz CT molecular complexity index is 189. The summed E-state index contributed by atoms with van der Waals surface area (Å²) in [4.78, 5) is 5.14. The summed E-state index contributed by atoms with van der Waals surface area (Å²) in [5.41, 5.74) is 6.06. The van der Waals surface area contributed by atoms with Crippen molar-refractivity contribution >= 4 is 0 Å². The molecule has 0 amide bonds. The summed E-state index contributed by atoms with van der Waals surface area (Å²) < 4.78 is 0. The van der Waals surface area contributed by atoms with E-state index < -0.39 is 0 Å². The van der Waals surface area contributed by atoms with Crippen LogP contribution in [0.5, 0.6) is 0 Å². The average molecular weight is 197 g/mol. The molecule has 2 heterocycles. The Morgan fingerprint density at radius 1 is 1.14 bits per heavy atom. The number of fused-ring (bicyclic) bond motifs is 2. The number of hydrogen-bond acceptors (Lipinski definition) is 3. The molecular formula is C11H23N3. The quantitative estimate of drug-likeness (QED) is 0.664. The van der Waals surface area contributed by atoms with Gasteiger partial charge in [-0.3, -0.25) is 9.80 Å². The van der Waals surface area contributed by atoms with Gasteiger partial charge in [-0.1, -0.05) is 0 Å². The van der Waals surface area contributed by atoms with Crippen LogP contribution in [0.15, 0.2) is 0 Å². The Labute approximate surface area is 87.2 Å². The van der Waals surface area contributed by atoms with Crippen molar-refractivity contribution < 1.29 is 0 Å². The van der Waals surface area contributed by atoms with E-state index in [2.05, 4.69) is 30.7 Å². The van der Waals surface area contributed by atoms with Crippen molar-refractivity contribution in [2.75, 3.05) is 20.1 Å². The van der Waals surface area contributed by atoms with Crippen molar-refractivity contribution in [2.45, 2.75) is 50.9 Å². The number of likely N-dealkylation sites (N-methyl/N-ethyl adjacent to an activating group) is 1. The molecule has 2 bridgehead atoms. The highest BCUT2D eigenvalue weighted by Gasteiger charge is 2.38. The van der Waals surface area contributed by atoms with Crippen LogP contribution in [0, 0.1) is 0 Å². The molecule has 0 radical (unpaired) electrons. The number of rotatable bonds is 1. The summed E-state index contributed by atoms with van der Waals surface area (Å²) in [6.07, 6.45) is 2.35. The molecular weight excluding hydrogens is 174 g/mol. The van der Waals surface area contributed by atoms with E-state index in [1.807, 2.05) is 0 Å². The molecule has 2 saturated heterocycles. The first kappa shape index (κ1) is 10.4. The van der Waals surface area contributed by atoms with E-state index in [4.69, 9.17) is 5.73 Å². The highest BCUT2D eigenvalue weighted by Crippen LogP contribution is 2.27. The monoisotopic (exact) mass is 197 g/mol. The van der Waals surface area contributed by atoms with Gasteiger partial charge in [0.15, 0.2) is 0 Å². The van der Waals surface area contributed by atoms with Crippen LogP contribution < -0.4 is 5.73 Å². The van der Waals surface area contributed by atoms with Crippen LogP contribution in [0.4, 0.5) is 0 Å². The van der Waals surface area contributed by atoms with Crippen molar-refractivity contribution in [3.63, 3.8) is 0 Å². The minimum atomic E-state index is 0.440. The lowest BCUT2D eigenvalue weighted by Crippen LogP contribution is -2.63. The molecule has 3 heteroatoms. The lowest BCUT2D eigenvalue weighted by atomic mass is 9.88. The maximum absolute atomic E-state index is 6.06. The van der Waals surface area contributed by atoms with Gasteiger partial charge in [0.1, 0.15) is 0 Å². The topological polar surface area (TPSA) is 32.5 Å². The molecule has 0 unspecified atom stereocenters. The molecule has 0 aromatic heterocycles. The summed E-state index contributed by atoms with van der Waals surface area (Å²) in [5.74, 6) is 0. The van der Waals surface area contributed by atoms with Crippen molar-refractivity contribution in [2.24, 2.45) is 5.73 Å². The van der Waals surface area contributed by atoms with Gasteiger partial charge in [0, 0.05) is 37.3 Å². The van der Waals surface area contributed by atoms with Gasteiger partial charge >= 0.3 is 0 Å². The molecule has 2 aliphatic rings. The number of piperidine rings is 1. The standard InChI is InChI=1S/C11H23N3/c1-8(2)14-6-10-4-9(12)5-11(7-14)13(10)3/h8-11H,4-7,12H2,1-3H3/t9-,10-,11+. The van der Waals surface area contributed by atoms with Crippen LogP contribution in [0.1, 0.15) is 26.7 Å².